The molecule has 1 N–H and O–H groups in total. The van der Waals surface area contributed by atoms with Crippen LogP contribution in [-0.2, 0) is 28.2 Å². The molecule has 6 nitrogen and oxygen atoms in total. The molecule has 0 unspecified atom stereocenters. The Bertz CT molecular complexity index is 1320. The van der Waals surface area contributed by atoms with Crippen molar-refractivity contribution < 1.29 is 41.0 Å². The molecule has 0 aliphatic carbocycles. The topological polar surface area (TPSA) is 65.9 Å². The van der Waals surface area contributed by atoms with Crippen LogP contribution in [0.4, 0.5) is 26.3 Å². The molecule has 1 aromatic heterocycles. The van der Waals surface area contributed by atoms with Gasteiger partial charge < -0.3 is 9.84 Å². The van der Waals surface area contributed by atoms with Gasteiger partial charge in [0.05, 0.1) is 6.10 Å². The van der Waals surface area contributed by atoms with Crippen LogP contribution in [-0.4, -0.2) is 70.0 Å². The van der Waals surface area contributed by atoms with Gasteiger partial charge in [-0.05, 0) is 48.2 Å². The van der Waals surface area contributed by atoms with Gasteiger partial charge in [-0.3, -0.25) is 19.6 Å². The number of rotatable bonds is 8. The third-order valence-corrected chi connectivity index (χ3v) is 7.15. The molecule has 2 aromatic carbocycles. The number of nitrogens with zero attached hydrogens (tertiary/aromatic N) is 3. The zero-order valence-electron chi connectivity index (χ0n) is 23.0. The number of aliphatic hydroxyl groups is 1. The number of alkyl halides is 6. The molecule has 0 radical (unpaired) electrons. The largest absolute Gasteiger partial charge is 0.462 e. The molecule has 1 saturated heterocycles. The zero-order chi connectivity index (χ0) is 30.7. The second-order valence-electron chi connectivity index (χ2n) is 10.5. The minimum Gasteiger partial charge on any atom is -0.462 e. The van der Waals surface area contributed by atoms with E-state index in [1.807, 2.05) is 24.3 Å². The van der Waals surface area contributed by atoms with Crippen molar-refractivity contribution in [2.45, 2.75) is 57.0 Å². The maximum Gasteiger partial charge on any atom is 0.430 e. The quantitative estimate of drug-likeness (QED) is 0.266. The lowest BCUT2D eigenvalue weighted by Crippen LogP contribution is -2.56. The molecular weight excluding hydrogens is 564 g/mol. The minimum absolute atomic E-state index is 0.256. The predicted octanol–water partition coefficient (Wildman–Crippen LogP) is 5.70. The number of hydrogen-bond acceptors (Lipinski definition) is 6. The van der Waals surface area contributed by atoms with Crippen LogP contribution in [0.2, 0.25) is 0 Å². The molecule has 1 aliphatic rings. The number of halogens is 6. The van der Waals surface area contributed by atoms with Crippen LogP contribution in [0.5, 0.6) is 0 Å². The van der Waals surface area contributed by atoms with Crippen molar-refractivity contribution in [2.75, 3.05) is 19.6 Å². The number of carbonyl (C=O) groups excluding carboxylic acids is 1. The third-order valence-electron chi connectivity index (χ3n) is 7.15. The molecule has 0 amide bonds. The number of aromatic nitrogens is 1. The maximum atomic E-state index is 13.2. The monoisotopic (exact) mass is 595 g/mol. The molecule has 1 aliphatic heterocycles. The number of esters is 1. The highest BCUT2D eigenvalue weighted by Gasteiger charge is 2.71. The van der Waals surface area contributed by atoms with Crippen LogP contribution in [0.25, 0.3) is 11.1 Å². The summed E-state index contributed by atoms with van der Waals surface area (Å²) in [6.45, 7) is 6.47. The first-order valence-corrected chi connectivity index (χ1v) is 13.3. The molecule has 2 heterocycles. The maximum absolute atomic E-state index is 13.2. The Morgan fingerprint density at radius 2 is 1.38 bits per heavy atom. The van der Waals surface area contributed by atoms with E-state index in [1.165, 1.54) is 0 Å². The molecule has 1 fully saturated rings. The summed E-state index contributed by atoms with van der Waals surface area (Å²) < 4.78 is 84.6. The van der Waals surface area contributed by atoms with Crippen molar-refractivity contribution in [1.29, 1.82) is 0 Å². The summed E-state index contributed by atoms with van der Waals surface area (Å²) in [5, 5.41) is 9.61. The summed E-state index contributed by atoms with van der Waals surface area (Å²) in [7, 11) is 0. The fraction of sp³-hybridized carbons (Fsp3) is 0.400. The van der Waals surface area contributed by atoms with Gasteiger partial charge in [-0.2, -0.15) is 26.3 Å². The standard InChI is InChI=1S/C30H31F6N3O3/c1-20(2)42-27(40)26-19-38(15-16-39(26)18-22-11-13-37-14-12-22)17-21-3-5-23(6-4-21)24-7-9-25(10-8-24)28(41,29(31,32)33)30(34,35)36/h3-14,20,26,41H,15-19H2,1-2H3/t26-/m1/s1. The van der Waals surface area contributed by atoms with E-state index < -0.39 is 29.6 Å². The van der Waals surface area contributed by atoms with Crippen LogP contribution in [0.1, 0.15) is 30.5 Å². The molecule has 0 saturated carbocycles. The van der Waals surface area contributed by atoms with E-state index >= 15 is 0 Å². The second-order valence-corrected chi connectivity index (χ2v) is 10.5. The first-order chi connectivity index (χ1) is 19.7. The lowest BCUT2D eigenvalue weighted by molar-refractivity contribution is -0.376. The molecule has 12 heteroatoms. The van der Waals surface area contributed by atoms with Crippen LogP contribution in [0.15, 0.2) is 73.1 Å². The lowest BCUT2D eigenvalue weighted by atomic mass is 9.90. The zero-order valence-corrected chi connectivity index (χ0v) is 23.0. The van der Waals surface area contributed by atoms with Gasteiger partial charge in [0.25, 0.3) is 5.60 Å². The lowest BCUT2D eigenvalue weighted by Gasteiger charge is -2.40. The summed E-state index contributed by atoms with van der Waals surface area (Å²) in [5.74, 6) is -0.300. The number of piperazine rings is 1. The average Bonchev–Trinajstić information content (AvgIpc) is 2.93. The van der Waals surface area contributed by atoms with E-state index in [-0.39, 0.29) is 12.1 Å². The fourth-order valence-corrected chi connectivity index (χ4v) is 4.92. The predicted molar refractivity (Wildman–Crippen MR) is 143 cm³/mol. The summed E-state index contributed by atoms with van der Waals surface area (Å²) in [6, 6.07) is 13.9. The van der Waals surface area contributed by atoms with E-state index in [0.717, 1.165) is 23.3 Å². The average molecular weight is 596 g/mol. The minimum atomic E-state index is -5.94. The summed E-state index contributed by atoms with van der Waals surface area (Å²) in [4.78, 5) is 21.2. The van der Waals surface area contributed by atoms with E-state index in [9.17, 15) is 36.2 Å². The third kappa shape index (κ3) is 6.93. The molecule has 3 aromatic rings. The van der Waals surface area contributed by atoms with Gasteiger partial charge in [-0.15, -0.1) is 0 Å². The van der Waals surface area contributed by atoms with E-state index in [2.05, 4.69) is 14.8 Å². The van der Waals surface area contributed by atoms with Crippen molar-refractivity contribution in [3.63, 3.8) is 0 Å². The van der Waals surface area contributed by atoms with Gasteiger partial charge in [0.15, 0.2) is 0 Å². The van der Waals surface area contributed by atoms with Crippen molar-refractivity contribution >= 4 is 5.97 Å². The molecular formula is C30H31F6N3O3. The van der Waals surface area contributed by atoms with Crippen LogP contribution < -0.4 is 0 Å². The van der Waals surface area contributed by atoms with E-state index in [4.69, 9.17) is 4.74 Å². The van der Waals surface area contributed by atoms with Gasteiger partial charge in [0.2, 0.25) is 0 Å². The van der Waals surface area contributed by atoms with Gasteiger partial charge in [-0.1, -0.05) is 48.5 Å². The van der Waals surface area contributed by atoms with Gasteiger partial charge >= 0.3 is 18.3 Å². The molecule has 1 atom stereocenters. The smallest absolute Gasteiger partial charge is 0.430 e. The summed E-state index contributed by atoms with van der Waals surface area (Å²) in [6.07, 6.45) is -8.73. The van der Waals surface area contributed by atoms with Gasteiger partial charge in [0, 0.05) is 50.7 Å². The summed E-state index contributed by atoms with van der Waals surface area (Å²) in [5.41, 5.74) is -3.36. The Hall–Kier alpha value is -3.48. The number of carbonyl (C=O) groups is 1. The normalized spacial score (nSPS) is 17.4. The second kappa shape index (κ2) is 12.4. The number of hydrogen-bond donors (Lipinski definition) is 1. The van der Waals surface area contributed by atoms with Crippen LogP contribution in [0, 0.1) is 0 Å². The number of benzene rings is 2. The van der Waals surface area contributed by atoms with Crippen LogP contribution >= 0.6 is 0 Å². The van der Waals surface area contributed by atoms with Gasteiger partial charge in [0.1, 0.15) is 6.04 Å². The van der Waals surface area contributed by atoms with Crippen molar-refractivity contribution in [3.8, 4) is 11.1 Å². The molecule has 0 bridgehead atoms. The SMILES string of the molecule is CC(C)OC(=O)[C@H]1CN(Cc2ccc(-c3ccc(C(O)(C(F)(F)F)C(F)(F)F)cc3)cc2)CCN1Cc1ccncc1. The van der Waals surface area contributed by atoms with Crippen molar-refractivity contribution in [2.24, 2.45) is 0 Å². The van der Waals surface area contributed by atoms with Gasteiger partial charge in [-0.25, -0.2) is 0 Å². The van der Waals surface area contributed by atoms with Crippen LogP contribution in [0.3, 0.4) is 0 Å². The van der Waals surface area contributed by atoms with E-state index in [0.29, 0.717) is 56.0 Å². The Morgan fingerprint density at radius 3 is 1.90 bits per heavy atom. The highest BCUT2D eigenvalue weighted by molar-refractivity contribution is 5.76. The molecule has 0 spiro atoms. The van der Waals surface area contributed by atoms with Crippen molar-refractivity contribution in [1.82, 2.24) is 14.8 Å². The Labute approximate surface area is 239 Å². The highest BCUT2D eigenvalue weighted by atomic mass is 19.4. The highest BCUT2D eigenvalue weighted by Crippen LogP contribution is 2.50. The molecule has 226 valence electrons. The summed E-state index contributed by atoms with van der Waals surface area (Å²) >= 11 is 0. The fourth-order valence-electron chi connectivity index (χ4n) is 4.92. The Morgan fingerprint density at radius 1 is 0.857 bits per heavy atom. The Kier molecular flexibility index (Phi) is 9.29. The Balaban J connectivity index is 1.45. The molecule has 4 rings (SSSR count). The number of pyridine rings is 1. The first kappa shape index (κ1) is 31.5. The van der Waals surface area contributed by atoms with Crippen molar-refractivity contribution in [3.05, 3.63) is 89.7 Å². The van der Waals surface area contributed by atoms with E-state index in [1.54, 1.807) is 38.4 Å². The first-order valence-electron chi connectivity index (χ1n) is 13.3. The molecule has 42 heavy (non-hydrogen) atoms. The number of ether oxygens (including phenoxy) is 1.